The van der Waals surface area contributed by atoms with Crippen LogP contribution in [0.5, 0.6) is 0 Å². The summed E-state index contributed by atoms with van der Waals surface area (Å²) >= 11 is 0. The van der Waals surface area contributed by atoms with E-state index in [0.717, 1.165) is 12.8 Å². The van der Waals surface area contributed by atoms with Crippen LogP contribution in [0.15, 0.2) is 0 Å². The van der Waals surface area contributed by atoms with Gasteiger partial charge in [-0.2, -0.15) is 0 Å². The van der Waals surface area contributed by atoms with Crippen molar-refractivity contribution < 1.29 is 9.53 Å². The zero-order valence-corrected chi connectivity index (χ0v) is 8.14. The van der Waals surface area contributed by atoms with Gasteiger partial charge in [-0.3, -0.25) is 4.79 Å². The number of ether oxygens (including phenoxy) is 1. The highest BCUT2D eigenvalue weighted by molar-refractivity contribution is 5.71. The quantitative estimate of drug-likeness (QED) is 0.363. The van der Waals surface area contributed by atoms with Crippen molar-refractivity contribution in [2.45, 2.75) is 26.2 Å². The average Bonchev–Trinajstić information content (AvgIpc) is 2.13. The summed E-state index contributed by atoms with van der Waals surface area (Å²) in [6, 6.07) is 0. The molecule has 0 aromatic heterocycles. The van der Waals surface area contributed by atoms with Gasteiger partial charge in [0.2, 0.25) is 0 Å². The van der Waals surface area contributed by atoms with Crippen molar-refractivity contribution in [3.8, 4) is 12.3 Å². The van der Waals surface area contributed by atoms with E-state index in [9.17, 15) is 4.79 Å². The van der Waals surface area contributed by atoms with E-state index in [0.29, 0.717) is 19.6 Å². The summed E-state index contributed by atoms with van der Waals surface area (Å²) in [4.78, 5) is 10.9. The molecule has 0 aliphatic carbocycles. The second-order valence-electron chi connectivity index (χ2n) is 2.70. The average molecular weight is 183 g/mol. The number of terminal acetylenes is 1. The molecular weight excluding hydrogens is 166 g/mol. The second kappa shape index (κ2) is 9.08. The van der Waals surface area contributed by atoms with Crippen LogP contribution >= 0.6 is 0 Å². The van der Waals surface area contributed by atoms with Crippen LogP contribution in [-0.2, 0) is 9.53 Å². The van der Waals surface area contributed by atoms with E-state index in [1.807, 2.05) is 0 Å². The lowest BCUT2D eigenvalue weighted by atomic mass is 10.4. The molecule has 0 spiro atoms. The molecule has 0 aliphatic rings. The third-order valence-corrected chi connectivity index (χ3v) is 1.48. The molecule has 0 aromatic carbocycles. The molecule has 0 radical (unpaired) electrons. The van der Waals surface area contributed by atoms with E-state index < -0.39 is 0 Å². The topological polar surface area (TPSA) is 38.3 Å². The summed E-state index contributed by atoms with van der Waals surface area (Å²) in [7, 11) is 0. The van der Waals surface area contributed by atoms with E-state index in [2.05, 4.69) is 18.2 Å². The maximum Gasteiger partial charge on any atom is 0.319 e. The first-order valence-electron chi connectivity index (χ1n) is 4.61. The Bertz CT molecular complexity index is 172. The highest BCUT2D eigenvalue weighted by atomic mass is 16.5. The molecule has 0 fully saturated rings. The largest absolute Gasteiger partial charge is 0.465 e. The lowest BCUT2D eigenvalue weighted by Crippen LogP contribution is -2.25. The molecule has 0 saturated heterocycles. The molecule has 3 nitrogen and oxygen atoms in total. The standard InChI is InChI=1S/C10H17NO2/c1-3-5-7-11-9-10(12)13-8-6-4-2/h1,11H,4-9H2,2H3. The van der Waals surface area contributed by atoms with E-state index in [1.54, 1.807) is 0 Å². The van der Waals surface area contributed by atoms with Crippen LogP contribution in [0.2, 0.25) is 0 Å². The van der Waals surface area contributed by atoms with Gasteiger partial charge in [0.25, 0.3) is 0 Å². The Kier molecular flexibility index (Phi) is 8.38. The Morgan fingerprint density at radius 3 is 3.00 bits per heavy atom. The lowest BCUT2D eigenvalue weighted by Gasteiger charge is -2.03. The molecule has 0 amide bonds. The molecule has 1 N–H and O–H groups in total. The summed E-state index contributed by atoms with van der Waals surface area (Å²) in [5.41, 5.74) is 0. The van der Waals surface area contributed by atoms with Crippen LogP contribution < -0.4 is 5.32 Å². The fourth-order valence-electron chi connectivity index (χ4n) is 0.732. The number of carbonyl (C=O) groups is 1. The zero-order valence-electron chi connectivity index (χ0n) is 8.14. The Morgan fingerprint density at radius 2 is 2.38 bits per heavy atom. The number of hydrogen-bond acceptors (Lipinski definition) is 3. The fraction of sp³-hybridized carbons (Fsp3) is 0.700. The third-order valence-electron chi connectivity index (χ3n) is 1.48. The minimum atomic E-state index is -0.203. The second-order valence-corrected chi connectivity index (χ2v) is 2.70. The van der Waals surface area contributed by atoms with Crippen molar-refractivity contribution in [2.75, 3.05) is 19.7 Å². The molecule has 0 saturated carbocycles. The zero-order chi connectivity index (χ0) is 9.94. The van der Waals surface area contributed by atoms with Crippen molar-refractivity contribution in [3.63, 3.8) is 0 Å². The molecule has 13 heavy (non-hydrogen) atoms. The van der Waals surface area contributed by atoms with Gasteiger partial charge in [-0.05, 0) is 6.42 Å². The third kappa shape index (κ3) is 8.90. The van der Waals surface area contributed by atoms with E-state index >= 15 is 0 Å². The molecule has 0 aromatic rings. The van der Waals surface area contributed by atoms with Crippen LogP contribution in [-0.4, -0.2) is 25.7 Å². The van der Waals surface area contributed by atoms with Gasteiger partial charge in [0.15, 0.2) is 0 Å². The Balaban J connectivity index is 3.16. The number of rotatable bonds is 7. The maximum absolute atomic E-state index is 10.9. The first-order valence-corrected chi connectivity index (χ1v) is 4.61. The van der Waals surface area contributed by atoms with Gasteiger partial charge in [0.05, 0.1) is 13.2 Å². The Morgan fingerprint density at radius 1 is 1.62 bits per heavy atom. The molecule has 0 atom stereocenters. The maximum atomic E-state index is 10.9. The minimum Gasteiger partial charge on any atom is -0.465 e. The minimum absolute atomic E-state index is 0.203. The van der Waals surface area contributed by atoms with Crippen molar-refractivity contribution >= 4 is 5.97 Å². The molecule has 0 bridgehead atoms. The van der Waals surface area contributed by atoms with Gasteiger partial charge in [-0.25, -0.2) is 0 Å². The predicted octanol–water partition coefficient (Wildman–Crippen LogP) is 0.943. The van der Waals surface area contributed by atoms with E-state index in [4.69, 9.17) is 11.2 Å². The van der Waals surface area contributed by atoms with Crippen LogP contribution in [0.25, 0.3) is 0 Å². The molecule has 0 aliphatic heterocycles. The summed E-state index contributed by atoms with van der Waals surface area (Å²) in [6.07, 6.45) is 7.64. The van der Waals surface area contributed by atoms with Crippen molar-refractivity contribution in [3.05, 3.63) is 0 Å². The van der Waals surface area contributed by atoms with Crippen molar-refractivity contribution in [1.29, 1.82) is 0 Å². The molecule has 3 heteroatoms. The Labute approximate surface area is 79.8 Å². The highest BCUT2D eigenvalue weighted by Crippen LogP contribution is 1.87. The summed E-state index contributed by atoms with van der Waals surface area (Å²) in [5.74, 6) is 2.28. The molecular formula is C10H17NO2. The number of unbranched alkanes of at least 4 members (excludes halogenated alkanes) is 1. The highest BCUT2D eigenvalue weighted by Gasteiger charge is 1.99. The van der Waals surface area contributed by atoms with Crippen LogP contribution in [0.1, 0.15) is 26.2 Å². The monoisotopic (exact) mass is 183 g/mol. The van der Waals surface area contributed by atoms with Gasteiger partial charge in [0.1, 0.15) is 0 Å². The Hall–Kier alpha value is -1.01. The van der Waals surface area contributed by atoms with Crippen LogP contribution in [0.3, 0.4) is 0 Å². The number of nitrogens with one attached hydrogen (secondary N) is 1. The van der Waals surface area contributed by atoms with Crippen LogP contribution in [0, 0.1) is 12.3 Å². The number of esters is 1. The van der Waals surface area contributed by atoms with Gasteiger partial charge in [-0.1, -0.05) is 13.3 Å². The smallest absolute Gasteiger partial charge is 0.319 e. The van der Waals surface area contributed by atoms with E-state index in [1.165, 1.54) is 0 Å². The fourth-order valence-corrected chi connectivity index (χ4v) is 0.732. The van der Waals surface area contributed by atoms with Gasteiger partial charge >= 0.3 is 5.97 Å². The van der Waals surface area contributed by atoms with Crippen LogP contribution in [0.4, 0.5) is 0 Å². The van der Waals surface area contributed by atoms with E-state index in [-0.39, 0.29) is 12.5 Å². The first-order chi connectivity index (χ1) is 6.31. The van der Waals surface area contributed by atoms with Gasteiger partial charge in [-0.15, -0.1) is 12.3 Å². The summed E-state index contributed by atoms with van der Waals surface area (Å²) in [6.45, 7) is 3.50. The number of hydrogen-bond donors (Lipinski definition) is 1. The summed E-state index contributed by atoms with van der Waals surface area (Å²) < 4.78 is 4.91. The normalized spacial score (nSPS) is 9.23. The SMILES string of the molecule is C#CCCNCC(=O)OCCCC. The predicted molar refractivity (Wildman–Crippen MR) is 52.2 cm³/mol. The van der Waals surface area contributed by atoms with Crippen molar-refractivity contribution in [2.24, 2.45) is 0 Å². The first kappa shape index (κ1) is 12.0. The van der Waals surface area contributed by atoms with Gasteiger partial charge in [0, 0.05) is 13.0 Å². The number of carbonyl (C=O) groups excluding carboxylic acids is 1. The van der Waals surface area contributed by atoms with Crippen molar-refractivity contribution in [1.82, 2.24) is 5.32 Å². The molecule has 0 unspecified atom stereocenters. The molecule has 0 heterocycles. The van der Waals surface area contributed by atoms with Gasteiger partial charge < -0.3 is 10.1 Å². The summed E-state index contributed by atoms with van der Waals surface area (Å²) in [5, 5.41) is 2.90. The molecule has 74 valence electrons. The lowest BCUT2D eigenvalue weighted by molar-refractivity contribution is -0.142. The molecule has 0 rings (SSSR count).